The lowest BCUT2D eigenvalue weighted by Crippen LogP contribution is -2.39. The van der Waals surface area contributed by atoms with E-state index in [0.29, 0.717) is 0 Å². The van der Waals surface area contributed by atoms with Crippen molar-refractivity contribution in [3.05, 3.63) is 0 Å². The molecule has 16 heavy (non-hydrogen) atoms. The van der Waals surface area contributed by atoms with Crippen molar-refractivity contribution >= 4 is 0 Å². The topological polar surface area (TPSA) is 15.3 Å². The average Bonchev–Trinajstić information content (AvgIpc) is 3.11. The summed E-state index contributed by atoms with van der Waals surface area (Å²) < 4.78 is 0. The molecule has 1 heterocycles. The lowest BCUT2D eigenvalue weighted by atomic mass is 9.96. The zero-order valence-electron chi connectivity index (χ0n) is 11.0. The second-order valence-electron chi connectivity index (χ2n) is 5.87. The van der Waals surface area contributed by atoms with E-state index in [2.05, 4.69) is 24.1 Å². The molecule has 0 amide bonds. The van der Waals surface area contributed by atoms with Gasteiger partial charge in [-0.15, -0.1) is 0 Å². The molecule has 2 nitrogen and oxygen atoms in total. The fourth-order valence-corrected chi connectivity index (χ4v) is 2.81. The Balaban J connectivity index is 1.55. The molecule has 1 N–H and O–H groups in total. The van der Waals surface area contributed by atoms with Crippen LogP contribution in [-0.4, -0.2) is 37.1 Å². The second-order valence-corrected chi connectivity index (χ2v) is 5.87. The summed E-state index contributed by atoms with van der Waals surface area (Å²) in [6.07, 6.45) is 7.18. The van der Waals surface area contributed by atoms with Gasteiger partial charge in [0.15, 0.2) is 0 Å². The molecule has 0 aromatic rings. The minimum Gasteiger partial charge on any atom is -0.314 e. The van der Waals surface area contributed by atoms with E-state index in [9.17, 15) is 0 Å². The molecule has 2 heteroatoms. The summed E-state index contributed by atoms with van der Waals surface area (Å²) in [5, 5.41) is 3.74. The smallest absolute Gasteiger partial charge is 0.00414 e. The van der Waals surface area contributed by atoms with Crippen LogP contribution in [0.4, 0.5) is 0 Å². The van der Waals surface area contributed by atoms with Gasteiger partial charge >= 0.3 is 0 Å². The van der Waals surface area contributed by atoms with E-state index in [1.807, 2.05) is 0 Å². The van der Waals surface area contributed by atoms with Gasteiger partial charge in [0, 0.05) is 6.04 Å². The zero-order valence-corrected chi connectivity index (χ0v) is 11.0. The number of hydrogen-bond acceptors (Lipinski definition) is 2. The van der Waals surface area contributed by atoms with Crippen molar-refractivity contribution in [1.82, 2.24) is 10.2 Å². The second kappa shape index (κ2) is 6.02. The molecule has 2 fully saturated rings. The third-order valence-corrected chi connectivity index (χ3v) is 4.29. The van der Waals surface area contributed by atoms with Crippen molar-refractivity contribution < 1.29 is 0 Å². The third-order valence-electron chi connectivity index (χ3n) is 4.29. The Bertz CT molecular complexity index is 193. The van der Waals surface area contributed by atoms with Crippen LogP contribution in [0, 0.1) is 11.8 Å². The molecule has 0 spiro atoms. The van der Waals surface area contributed by atoms with Gasteiger partial charge in [-0.25, -0.2) is 0 Å². The van der Waals surface area contributed by atoms with E-state index in [1.54, 1.807) is 0 Å². The summed E-state index contributed by atoms with van der Waals surface area (Å²) in [5.74, 6) is 1.99. The van der Waals surface area contributed by atoms with Crippen LogP contribution >= 0.6 is 0 Å². The first-order valence-electron chi connectivity index (χ1n) is 7.23. The van der Waals surface area contributed by atoms with Gasteiger partial charge in [0.1, 0.15) is 0 Å². The Morgan fingerprint density at radius 2 is 1.81 bits per heavy atom. The van der Waals surface area contributed by atoms with Gasteiger partial charge in [-0.3, -0.25) is 0 Å². The molecule has 1 aliphatic heterocycles. The summed E-state index contributed by atoms with van der Waals surface area (Å²) in [5.41, 5.74) is 0. The molecule has 0 aromatic heterocycles. The summed E-state index contributed by atoms with van der Waals surface area (Å²) in [6, 6.07) is 0.747. The number of hydrogen-bond donors (Lipinski definition) is 1. The van der Waals surface area contributed by atoms with E-state index in [4.69, 9.17) is 0 Å². The van der Waals surface area contributed by atoms with Crippen molar-refractivity contribution in [2.24, 2.45) is 11.8 Å². The number of nitrogens with one attached hydrogen (secondary N) is 1. The quantitative estimate of drug-likeness (QED) is 0.746. The Morgan fingerprint density at radius 1 is 1.12 bits per heavy atom. The maximum atomic E-state index is 3.74. The highest BCUT2D eigenvalue weighted by molar-refractivity contribution is 4.79. The van der Waals surface area contributed by atoms with Gasteiger partial charge < -0.3 is 10.2 Å². The molecule has 1 atom stereocenters. The Kier molecular flexibility index (Phi) is 4.66. The standard InChI is InChI=1S/C14H28N2/c1-3-16-8-6-14(7-9-16)11-15-12(2)10-13-4-5-13/h12-15H,3-11H2,1-2H3. The monoisotopic (exact) mass is 224 g/mol. The van der Waals surface area contributed by atoms with Crippen LogP contribution in [0.15, 0.2) is 0 Å². The maximum absolute atomic E-state index is 3.74. The number of piperidine rings is 1. The van der Waals surface area contributed by atoms with Gasteiger partial charge in [-0.1, -0.05) is 19.8 Å². The zero-order chi connectivity index (χ0) is 11.4. The van der Waals surface area contributed by atoms with E-state index in [1.165, 1.54) is 58.3 Å². The molecule has 94 valence electrons. The molecule has 1 aliphatic carbocycles. The molecule has 0 radical (unpaired) electrons. The first kappa shape index (κ1) is 12.4. The lowest BCUT2D eigenvalue weighted by molar-refractivity contribution is 0.187. The predicted octanol–water partition coefficient (Wildman–Crippen LogP) is 2.50. The first-order valence-corrected chi connectivity index (χ1v) is 7.23. The van der Waals surface area contributed by atoms with Crippen molar-refractivity contribution in [1.29, 1.82) is 0 Å². The number of likely N-dealkylation sites (tertiary alicyclic amines) is 1. The van der Waals surface area contributed by atoms with Gasteiger partial charge in [-0.2, -0.15) is 0 Å². The largest absolute Gasteiger partial charge is 0.314 e. The molecule has 1 saturated carbocycles. The minimum atomic E-state index is 0.747. The molecular weight excluding hydrogens is 196 g/mol. The van der Waals surface area contributed by atoms with Gasteiger partial charge in [0.2, 0.25) is 0 Å². The van der Waals surface area contributed by atoms with Gasteiger partial charge in [-0.05, 0) is 64.2 Å². The van der Waals surface area contributed by atoms with E-state index < -0.39 is 0 Å². The summed E-state index contributed by atoms with van der Waals surface area (Å²) >= 11 is 0. The molecule has 2 rings (SSSR count). The molecule has 1 unspecified atom stereocenters. The maximum Gasteiger partial charge on any atom is 0.00414 e. The third kappa shape index (κ3) is 4.06. The average molecular weight is 224 g/mol. The highest BCUT2D eigenvalue weighted by Crippen LogP contribution is 2.33. The number of nitrogens with zero attached hydrogens (tertiary/aromatic N) is 1. The van der Waals surface area contributed by atoms with E-state index in [-0.39, 0.29) is 0 Å². The Labute approximate surface area is 101 Å². The first-order chi connectivity index (χ1) is 7.78. The minimum absolute atomic E-state index is 0.747. The Morgan fingerprint density at radius 3 is 2.38 bits per heavy atom. The van der Waals surface area contributed by atoms with Crippen LogP contribution in [0.2, 0.25) is 0 Å². The fourth-order valence-electron chi connectivity index (χ4n) is 2.81. The summed E-state index contributed by atoms with van der Waals surface area (Å²) in [6.45, 7) is 9.76. The molecule has 0 bridgehead atoms. The highest BCUT2D eigenvalue weighted by atomic mass is 15.1. The Hall–Kier alpha value is -0.0800. The van der Waals surface area contributed by atoms with Gasteiger partial charge in [0.25, 0.3) is 0 Å². The molecule has 2 aliphatic rings. The van der Waals surface area contributed by atoms with Crippen molar-refractivity contribution in [3.63, 3.8) is 0 Å². The van der Waals surface area contributed by atoms with E-state index >= 15 is 0 Å². The van der Waals surface area contributed by atoms with Crippen LogP contribution in [0.3, 0.4) is 0 Å². The molecular formula is C14H28N2. The van der Waals surface area contributed by atoms with Crippen LogP contribution < -0.4 is 5.32 Å². The van der Waals surface area contributed by atoms with Crippen LogP contribution in [0.25, 0.3) is 0 Å². The number of rotatable bonds is 6. The fraction of sp³-hybridized carbons (Fsp3) is 1.00. The van der Waals surface area contributed by atoms with Gasteiger partial charge in [0.05, 0.1) is 0 Å². The predicted molar refractivity (Wildman–Crippen MR) is 69.6 cm³/mol. The molecule has 0 aromatic carbocycles. The summed E-state index contributed by atoms with van der Waals surface area (Å²) in [4.78, 5) is 2.57. The highest BCUT2D eigenvalue weighted by Gasteiger charge is 2.24. The van der Waals surface area contributed by atoms with Crippen molar-refractivity contribution in [2.45, 2.75) is 52.0 Å². The van der Waals surface area contributed by atoms with Crippen LogP contribution in [0.1, 0.15) is 46.0 Å². The normalized spacial score (nSPS) is 25.9. The van der Waals surface area contributed by atoms with Crippen LogP contribution in [0.5, 0.6) is 0 Å². The SMILES string of the molecule is CCN1CCC(CNC(C)CC2CC2)CC1. The lowest BCUT2D eigenvalue weighted by Gasteiger charge is -2.31. The van der Waals surface area contributed by atoms with Crippen molar-refractivity contribution in [3.8, 4) is 0 Å². The van der Waals surface area contributed by atoms with E-state index in [0.717, 1.165) is 17.9 Å². The molecule has 1 saturated heterocycles. The summed E-state index contributed by atoms with van der Waals surface area (Å²) in [7, 11) is 0. The van der Waals surface area contributed by atoms with Crippen molar-refractivity contribution in [2.75, 3.05) is 26.2 Å². The van der Waals surface area contributed by atoms with Crippen LogP contribution in [-0.2, 0) is 0 Å².